The van der Waals surface area contributed by atoms with Crippen molar-refractivity contribution in [2.75, 3.05) is 6.54 Å². The second kappa shape index (κ2) is 9.95. The van der Waals surface area contributed by atoms with E-state index in [4.69, 9.17) is 11.5 Å². The Bertz CT molecular complexity index is 362. The molecule has 20 heavy (non-hydrogen) atoms. The molecule has 2 unspecified atom stereocenters. The van der Waals surface area contributed by atoms with Gasteiger partial charge in [-0.3, -0.25) is 0 Å². The van der Waals surface area contributed by atoms with Crippen LogP contribution in [0.5, 0.6) is 0 Å². The van der Waals surface area contributed by atoms with Gasteiger partial charge in [-0.05, 0) is 55.7 Å². The molecule has 0 aliphatic carbocycles. The highest BCUT2D eigenvalue weighted by Crippen LogP contribution is 2.20. The highest BCUT2D eigenvalue weighted by molar-refractivity contribution is 5.28. The molecule has 2 atom stereocenters. The van der Waals surface area contributed by atoms with Gasteiger partial charge in [-0.15, -0.1) is 0 Å². The predicted molar refractivity (Wildman–Crippen MR) is 88.8 cm³/mol. The molecule has 4 N–H and O–H groups in total. The van der Waals surface area contributed by atoms with Crippen LogP contribution in [-0.2, 0) is 12.8 Å². The smallest absolute Gasteiger partial charge is 0.0108 e. The van der Waals surface area contributed by atoms with Crippen LogP contribution in [0.25, 0.3) is 0 Å². The van der Waals surface area contributed by atoms with Gasteiger partial charge in [0.2, 0.25) is 0 Å². The highest BCUT2D eigenvalue weighted by atomic mass is 14.6. The Morgan fingerprint density at radius 3 is 2.35 bits per heavy atom. The van der Waals surface area contributed by atoms with Crippen molar-refractivity contribution < 1.29 is 0 Å². The van der Waals surface area contributed by atoms with E-state index in [1.54, 1.807) is 0 Å². The lowest BCUT2D eigenvalue weighted by Gasteiger charge is -2.23. The first kappa shape index (κ1) is 17.2. The van der Waals surface area contributed by atoms with Crippen LogP contribution in [-0.4, -0.2) is 12.6 Å². The molecule has 0 saturated heterocycles. The summed E-state index contributed by atoms with van der Waals surface area (Å²) >= 11 is 0. The van der Waals surface area contributed by atoms with Gasteiger partial charge >= 0.3 is 0 Å². The number of unbranched alkanes of at least 4 members (excludes halogenated alkanes) is 1. The molecule has 0 heterocycles. The van der Waals surface area contributed by atoms with Gasteiger partial charge < -0.3 is 11.5 Å². The number of hydrogen-bond donors (Lipinski definition) is 2. The zero-order chi connectivity index (χ0) is 14.8. The third-order valence-electron chi connectivity index (χ3n) is 4.28. The van der Waals surface area contributed by atoms with Crippen molar-refractivity contribution in [2.24, 2.45) is 17.4 Å². The number of nitrogens with two attached hydrogens (primary N) is 2. The van der Waals surface area contributed by atoms with E-state index < -0.39 is 0 Å². The Morgan fingerprint density at radius 1 is 1.05 bits per heavy atom. The Morgan fingerprint density at radius 2 is 1.75 bits per heavy atom. The molecule has 1 aromatic rings. The minimum atomic E-state index is 0.259. The Labute approximate surface area is 124 Å². The first-order valence-corrected chi connectivity index (χ1v) is 8.25. The van der Waals surface area contributed by atoms with Gasteiger partial charge in [0.25, 0.3) is 0 Å². The summed E-state index contributed by atoms with van der Waals surface area (Å²) in [6, 6.07) is 9.05. The largest absolute Gasteiger partial charge is 0.330 e. The number of benzene rings is 1. The van der Waals surface area contributed by atoms with Crippen molar-refractivity contribution in [1.29, 1.82) is 0 Å². The van der Waals surface area contributed by atoms with Gasteiger partial charge in [-0.1, -0.05) is 51.0 Å². The summed E-state index contributed by atoms with van der Waals surface area (Å²) < 4.78 is 0. The molecule has 0 fully saturated rings. The summed E-state index contributed by atoms with van der Waals surface area (Å²) in [5.41, 5.74) is 15.0. The summed E-state index contributed by atoms with van der Waals surface area (Å²) in [7, 11) is 0. The second-order valence-corrected chi connectivity index (χ2v) is 5.84. The Hall–Kier alpha value is -0.860. The lowest BCUT2D eigenvalue weighted by molar-refractivity contribution is 0.372. The highest BCUT2D eigenvalue weighted by Gasteiger charge is 2.17. The van der Waals surface area contributed by atoms with Crippen molar-refractivity contribution in [3.05, 3.63) is 35.4 Å². The summed E-state index contributed by atoms with van der Waals surface area (Å²) in [6.07, 6.45) is 8.08. The lowest BCUT2D eigenvalue weighted by atomic mass is 9.86. The lowest BCUT2D eigenvalue weighted by Crippen LogP contribution is -2.32. The fourth-order valence-corrected chi connectivity index (χ4v) is 2.89. The second-order valence-electron chi connectivity index (χ2n) is 5.84. The minimum absolute atomic E-state index is 0.259. The van der Waals surface area contributed by atoms with Crippen LogP contribution < -0.4 is 11.5 Å². The molecule has 2 nitrogen and oxygen atoms in total. The zero-order valence-corrected chi connectivity index (χ0v) is 13.3. The normalized spacial score (nSPS) is 14.2. The van der Waals surface area contributed by atoms with Crippen LogP contribution in [0.1, 0.15) is 57.1 Å². The van der Waals surface area contributed by atoms with E-state index in [9.17, 15) is 0 Å². The van der Waals surface area contributed by atoms with Gasteiger partial charge in [0.15, 0.2) is 0 Å². The number of hydrogen-bond acceptors (Lipinski definition) is 2. The molecule has 0 radical (unpaired) electrons. The number of aryl methyl sites for hydroxylation is 1. The van der Waals surface area contributed by atoms with Gasteiger partial charge in [0, 0.05) is 6.04 Å². The third-order valence-corrected chi connectivity index (χ3v) is 4.28. The van der Waals surface area contributed by atoms with Gasteiger partial charge in [0.1, 0.15) is 0 Å². The fraction of sp³-hybridized carbons (Fsp3) is 0.667. The fourth-order valence-electron chi connectivity index (χ4n) is 2.89. The topological polar surface area (TPSA) is 52.0 Å². The minimum Gasteiger partial charge on any atom is -0.330 e. The quantitative estimate of drug-likeness (QED) is 0.685. The van der Waals surface area contributed by atoms with E-state index in [2.05, 4.69) is 38.1 Å². The summed E-state index contributed by atoms with van der Waals surface area (Å²) in [5.74, 6) is 0.595. The van der Waals surface area contributed by atoms with Crippen LogP contribution in [0.2, 0.25) is 0 Å². The maximum Gasteiger partial charge on any atom is 0.0108 e. The molecule has 0 spiro atoms. The van der Waals surface area contributed by atoms with E-state index in [0.717, 1.165) is 32.2 Å². The molecule has 0 saturated carbocycles. The molecule has 114 valence electrons. The molecule has 0 bridgehead atoms. The predicted octanol–water partition coefficient (Wildman–Crippen LogP) is 3.66. The van der Waals surface area contributed by atoms with Crippen LogP contribution in [0.4, 0.5) is 0 Å². The first-order chi connectivity index (χ1) is 9.72. The van der Waals surface area contributed by atoms with Crippen molar-refractivity contribution in [2.45, 2.75) is 64.8 Å². The van der Waals surface area contributed by atoms with E-state index in [1.165, 1.54) is 30.4 Å². The number of rotatable bonds is 10. The summed E-state index contributed by atoms with van der Waals surface area (Å²) in [5, 5.41) is 0. The van der Waals surface area contributed by atoms with Gasteiger partial charge in [0.05, 0.1) is 0 Å². The summed E-state index contributed by atoms with van der Waals surface area (Å²) in [6.45, 7) is 5.26. The summed E-state index contributed by atoms with van der Waals surface area (Å²) in [4.78, 5) is 0. The molecule has 0 aliphatic heterocycles. The molecular formula is C18H32N2. The van der Waals surface area contributed by atoms with Gasteiger partial charge in [-0.25, -0.2) is 0 Å². The molecular weight excluding hydrogens is 244 g/mol. The van der Waals surface area contributed by atoms with Crippen molar-refractivity contribution >= 4 is 0 Å². The monoisotopic (exact) mass is 276 g/mol. The standard InChI is InChI=1S/C18H32N2/c1-3-5-9-16-10-6-7-11-17(16)14-18(20)15(4-2)12-8-13-19/h6-7,10-11,15,18H,3-5,8-9,12-14,19-20H2,1-2H3. The van der Waals surface area contributed by atoms with Gasteiger partial charge in [-0.2, -0.15) is 0 Å². The molecule has 2 heteroatoms. The average molecular weight is 276 g/mol. The van der Waals surface area contributed by atoms with Crippen molar-refractivity contribution in [3.8, 4) is 0 Å². The third kappa shape index (κ3) is 5.64. The average Bonchev–Trinajstić information content (AvgIpc) is 2.47. The Balaban J connectivity index is 2.65. The molecule has 0 amide bonds. The van der Waals surface area contributed by atoms with E-state index >= 15 is 0 Å². The molecule has 1 rings (SSSR count). The van der Waals surface area contributed by atoms with E-state index in [-0.39, 0.29) is 6.04 Å². The maximum absolute atomic E-state index is 6.46. The first-order valence-electron chi connectivity index (χ1n) is 8.25. The van der Waals surface area contributed by atoms with Crippen LogP contribution in [0, 0.1) is 5.92 Å². The van der Waals surface area contributed by atoms with Crippen LogP contribution in [0.15, 0.2) is 24.3 Å². The molecule has 0 aromatic heterocycles. The van der Waals surface area contributed by atoms with Crippen molar-refractivity contribution in [1.82, 2.24) is 0 Å². The SMILES string of the molecule is CCCCc1ccccc1CC(N)C(CC)CCCN. The molecule has 0 aliphatic rings. The van der Waals surface area contributed by atoms with Crippen LogP contribution >= 0.6 is 0 Å². The Kier molecular flexibility index (Phi) is 8.56. The zero-order valence-electron chi connectivity index (χ0n) is 13.3. The van der Waals surface area contributed by atoms with E-state index in [1.807, 2.05) is 0 Å². The van der Waals surface area contributed by atoms with E-state index in [0.29, 0.717) is 5.92 Å². The van der Waals surface area contributed by atoms with Crippen molar-refractivity contribution in [3.63, 3.8) is 0 Å². The molecule has 1 aromatic carbocycles. The van der Waals surface area contributed by atoms with Crippen LogP contribution in [0.3, 0.4) is 0 Å². The maximum atomic E-state index is 6.46.